The molecule has 0 saturated carbocycles. The molecule has 198 valence electrons. The summed E-state index contributed by atoms with van der Waals surface area (Å²) in [6, 6.07) is 20.1. The second-order valence-corrected chi connectivity index (χ2v) is 8.98. The van der Waals surface area contributed by atoms with Crippen molar-refractivity contribution in [1.82, 2.24) is 0 Å². The number of alkyl halides is 3. The zero-order valence-electron chi connectivity index (χ0n) is 20.4. The molecule has 0 spiro atoms. The number of fused-ring (bicyclic) bond motifs is 1. The summed E-state index contributed by atoms with van der Waals surface area (Å²) in [5.74, 6) is -1.65. The van der Waals surface area contributed by atoms with Gasteiger partial charge in [-0.3, -0.25) is 14.4 Å². The quantitative estimate of drug-likeness (QED) is 0.272. The van der Waals surface area contributed by atoms with Crippen molar-refractivity contribution in [2.75, 3.05) is 16.6 Å². The fraction of sp³-hybridized carbons (Fsp3) is 0.286. The molecule has 0 bridgehead atoms. The van der Waals surface area contributed by atoms with Crippen molar-refractivity contribution in [2.24, 2.45) is 5.92 Å². The predicted octanol–water partition coefficient (Wildman–Crippen LogP) is 5.82. The third-order valence-electron chi connectivity index (χ3n) is 6.44. The van der Waals surface area contributed by atoms with Crippen LogP contribution in [0.5, 0.6) is 11.5 Å². The van der Waals surface area contributed by atoms with Gasteiger partial charge in [0.25, 0.3) is 5.91 Å². The number of ether oxygens (including phenoxy) is 2. The molecule has 38 heavy (non-hydrogen) atoms. The van der Waals surface area contributed by atoms with E-state index in [4.69, 9.17) is 9.57 Å². The molecule has 2 saturated heterocycles. The highest BCUT2D eigenvalue weighted by Gasteiger charge is 2.60. The van der Waals surface area contributed by atoms with Crippen molar-refractivity contribution < 1.29 is 37.1 Å². The molecule has 7 nitrogen and oxygen atoms in total. The van der Waals surface area contributed by atoms with Gasteiger partial charge in [-0.05, 0) is 60.5 Å². The fourth-order valence-electron chi connectivity index (χ4n) is 4.70. The third-order valence-corrected chi connectivity index (χ3v) is 6.44. The summed E-state index contributed by atoms with van der Waals surface area (Å²) >= 11 is 0. The zero-order chi connectivity index (χ0) is 26.9. The van der Waals surface area contributed by atoms with Gasteiger partial charge < -0.3 is 9.47 Å². The number of amides is 2. The number of halogens is 3. The van der Waals surface area contributed by atoms with E-state index in [2.05, 4.69) is 11.7 Å². The Hall–Kier alpha value is -4.05. The van der Waals surface area contributed by atoms with Crippen molar-refractivity contribution in [3.8, 4) is 11.5 Å². The Balaban J connectivity index is 1.45. The summed E-state index contributed by atoms with van der Waals surface area (Å²) in [7, 11) is 0. The summed E-state index contributed by atoms with van der Waals surface area (Å²) in [4.78, 5) is 34.3. The van der Waals surface area contributed by atoms with Gasteiger partial charge in [0, 0.05) is 0 Å². The molecular weight excluding hydrogens is 501 g/mol. The van der Waals surface area contributed by atoms with Crippen molar-refractivity contribution in [1.29, 1.82) is 0 Å². The fourth-order valence-corrected chi connectivity index (χ4v) is 4.70. The Morgan fingerprint density at radius 1 is 0.842 bits per heavy atom. The van der Waals surface area contributed by atoms with Crippen molar-refractivity contribution in [3.05, 3.63) is 84.4 Å². The highest BCUT2D eigenvalue weighted by molar-refractivity contribution is 6.23. The molecule has 2 aliphatic rings. The number of hydrogen-bond acceptors (Lipinski definition) is 6. The number of anilines is 2. The van der Waals surface area contributed by atoms with E-state index in [1.807, 2.05) is 6.07 Å². The lowest BCUT2D eigenvalue weighted by atomic mass is 9.90. The van der Waals surface area contributed by atoms with Crippen LogP contribution in [-0.2, 0) is 14.4 Å². The minimum absolute atomic E-state index is 0.389. The van der Waals surface area contributed by atoms with Gasteiger partial charge in [0.2, 0.25) is 5.91 Å². The number of para-hydroxylation sites is 1. The van der Waals surface area contributed by atoms with Crippen LogP contribution in [0.25, 0.3) is 0 Å². The Morgan fingerprint density at radius 2 is 1.50 bits per heavy atom. The van der Waals surface area contributed by atoms with Crippen molar-refractivity contribution in [2.45, 2.75) is 38.3 Å². The smallest absolute Gasteiger partial charge is 0.494 e. The molecular formula is C28H25F3N2O5. The molecule has 3 aromatic rings. The van der Waals surface area contributed by atoms with Gasteiger partial charge in [-0.2, -0.15) is 0 Å². The summed E-state index contributed by atoms with van der Waals surface area (Å²) in [6.45, 7) is 2.63. The van der Waals surface area contributed by atoms with Crippen LogP contribution >= 0.6 is 0 Å². The maximum atomic E-state index is 13.7. The van der Waals surface area contributed by atoms with Crippen LogP contribution < -0.4 is 19.4 Å². The van der Waals surface area contributed by atoms with Crippen LogP contribution in [0.3, 0.4) is 0 Å². The number of carbonyl (C=O) groups is 2. The monoisotopic (exact) mass is 526 g/mol. The van der Waals surface area contributed by atoms with E-state index >= 15 is 0 Å². The van der Waals surface area contributed by atoms with Gasteiger partial charge in [-0.15, -0.1) is 13.2 Å². The number of hydroxylamine groups is 1. The Labute approximate surface area is 217 Å². The first-order valence-electron chi connectivity index (χ1n) is 12.2. The predicted molar refractivity (Wildman–Crippen MR) is 132 cm³/mol. The Bertz CT molecular complexity index is 1280. The number of rotatable bonds is 8. The summed E-state index contributed by atoms with van der Waals surface area (Å²) in [5.41, 5.74) is 1.49. The van der Waals surface area contributed by atoms with Gasteiger partial charge in [0.15, 0.2) is 6.10 Å². The van der Waals surface area contributed by atoms with Crippen molar-refractivity contribution >= 4 is 23.2 Å². The molecule has 2 heterocycles. The minimum Gasteiger partial charge on any atom is -0.494 e. The number of benzene rings is 3. The van der Waals surface area contributed by atoms with Gasteiger partial charge >= 0.3 is 6.36 Å². The van der Waals surface area contributed by atoms with Gasteiger partial charge in [-0.25, -0.2) is 9.96 Å². The number of carbonyl (C=O) groups excluding carboxylic acids is 2. The number of unbranched alkanes of at least 4 members (excludes halogenated alkanes) is 1. The summed E-state index contributed by atoms with van der Waals surface area (Å²) in [6.07, 6.45) is -4.02. The SMILES string of the molecule is CCCCOc1ccc(N2C(=O)[C@H]3[C@H](ON(c4ccccc4)[C@H]3c3ccc(OC(F)(F)F)cc3)C2=O)cc1. The molecule has 3 atom stereocenters. The molecule has 0 radical (unpaired) electrons. The maximum absolute atomic E-state index is 13.7. The average Bonchev–Trinajstić information content (AvgIpc) is 3.41. The zero-order valence-corrected chi connectivity index (χ0v) is 20.4. The van der Waals surface area contributed by atoms with E-state index in [0.29, 0.717) is 29.3 Å². The van der Waals surface area contributed by atoms with Crippen LogP contribution in [0.2, 0.25) is 0 Å². The molecule has 0 N–H and O–H groups in total. The van der Waals surface area contributed by atoms with E-state index in [1.165, 1.54) is 29.3 Å². The lowest BCUT2D eigenvalue weighted by Gasteiger charge is -2.29. The normalized spacial score (nSPS) is 21.1. The van der Waals surface area contributed by atoms with E-state index < -0.39 is 36.2 Å². The van der Waals surface area contributed by atoms with Crippen LogP contribution in [-0.4, -0.2) is 30.9 Å². The first-order chi connectivity index (χ1) is 18.3. The Kier molecular flexibility index (Phi) is 6.98. The van der Waals surface area contributed by atoms with E-state index in [9.17, 15) is 22.8 Å². The third kappa shape index (κ3) is 5.04. The first kappa shape index (κ1) is 25.6. The Morgan fingerprint density at radius 3 is 2.13 bits per heavy atom. The molecule has 2 aliphatic heterocycles. The van der Waals surface area contributed by atoms with Gasteiger partial charge in [0.1, 0.15) is 17.4 Å². The second kappa shape index (κ2) is 10.4. The number of imide groups is 1. The van der Waals surface area contributed by atoms with Crippen LogP contribution in [0.4, 0.5) is 24.5 Å². The summed E-state index contributed by atoms with van der Waals surface area (Å²) < 4.78 is 47.6. The number of nitrogens with zero attached hydrogens (tertiary/aromatic N) is 2. The lowest BCUT2D eigenvalue weighted by Crippen LogP contribution is -2.37. The van der Waals surface area contributed by atoms with Crippen molar-refractivity contribution in [3.63, 3.8) is 0 Å². The molecule has 2 fully saturated rings. The average molecular weight is 527 g/mol. The van der Waals surface area contributed by atoms with Crippen LogP contribution in [0, 0.1) is 5.92 Å². The molecule has 2 amide bonds. The van der Waals surface area contributed by atoms with E-state index in [0.717, 1.165) is 17.7 Å². The van der Waals surface area contributed by atoms with Crippen LogP contribution in [0.15, 0.2) is 78.9 Å². The lowest BCUT2D eigenvalue weighted by molar-refractivity contribution is -0.274. The largest absolute Gasteiger partial charge is 0.573 e. The van der Waals surface area contributed by atoms with E-state index in [-0.39, 0.29) is 5.75 Å². The molecule has 5 rings (SSSR count). The van der Waals surface area contributed by atoms with Crippen LogP contribution in [0.1, 0.15) is 31.4 Å². The minimum atomic E-state index is -4.83. The molecule has 0 unspecified atom stereocenters. The topological polar surface area (TPSA) is 68.3 Å². The molecule has 0 aliphatic carbocycles. The number of hydrogen-bond donors (Lipinski definition) is 0. The van der Waals surface area contributed by atoms with Gasteiger partial charge in [-0.1, -0.05) is 43.7 Å². The first-order valence-corrected chi connectivity index (χ1v) is 12.2. The molecule has 3 aromatic carbocycles. The molecule has 0 aromatic heterocycles. The second-order valence-electron chi connectivity index (χ2n) is 8.98. The standard InChI is InChI=1S/C28H25F3N2O5/c1-2-3-17-36-21-15-11-19(12-16-21)32-26(34)23-24(18-9-13-22(14-10-18)37-28(29,30)31)33(38-25(23)27(32)35)20-7-5-4-6-8-20/h4-16,23-25H,2-3,17H2,1H3/t23-,24+,25+/m1/s1. The highest BCUT2D eigenvalue weighted by Crippen LogP contribution is 2.48. The van der Waals surface area contributed by atoms with E-state index in [1.54, 1.807) is 48.5 Å². The molecule has 10 heteroatoms. The summed E-state index contributed by atoms with van der Waals surface area (Å²) in [5, 5.41) is 1.48. The maximum Gasteiger partial charge on any atom is 0.573 e. The highest BCUT2D eigenvalue weighted by atomic mass is 19.4. The van der Waals surface area contributed by atoms with Gasteiger partial charge in [0.05, 0.1) is 24.0 Å².